The topological polar surface area (TPSA) is 0 Å². The van der Waals surface area contributed by atoms with Crippen molar-refractivity contribution in [3.05, 3.63) is 58.7 Å². The van der Waals surface area contributed by atoms with Crippen molar-refractivity contribution in [3.8, 4) is 0 Å². The first-order chi connectivity index (χ1) is 9.77. The molecule has 0 atom stereocenters. The minimum atomic E-state index is -4.39. The van der Waals surface area contributed by atoms with Crippen LogP contribution in [0.25, 0.3) is 0 Å². The molecule has 0 nitrogen and oxygen atoms in total. The second-order valence-corrected chi connectivity index (χ2v) is 5.17. The van der Waals surface area contributed by atoms with E-state index in [1.54, 1.807) is 7.28 Å². The lowest BCUT2D eigenvalue weighted by Crippen LogP contribution is -2.21. The number of hydrogen-bond donors (Lipinski definition) is 0. The van der Waals surface area contributed by atoms with Crippen LogP contribution in [0.15, 0.2) is 36.4 Å². The molecule has 2 aromatic rings. The molecule has 0 aliphatic heterocycles. The third-order valence-corrected chi connectivity index (χ3v) is 3.53. The first-order valence-electron chi connectivity index (χ1n) is 6.63. The highest BCUT2D eigenvalue weighted by molar-refractivity contribution is 6.53. The zero-order valence-electron chi connectivity index (χ0n) is 12.0. The van der Waals surface area contributed by atoms with E-state index in [2.05, 4.69) is 0 Å². The molecular weight excluding hydrogens is 271 g/mol. The summed E-state index contributed by atoms with van der Waals surface area (Å²) in [6.07, 6.45) is -4.17. The fraction of sp³-hybridized carbons (Fsp3) is 0.250. The minimum absolute atomic E-state index is 0.122. The second-order valence-electron chi connectivity index (χ2n) is 5.17. The summed E-state index contributed by atoms with van der Waals surface area (Å²) in [6.45, 7) is 3.98. The molecule has 0 heterocycles. The average molecular weight is 285 g/mol. The second kappa shape index (κ2) is 6.00. The molecule has 0 saturated carbocycles. The largest absolute Gasteiger partial charge is 0.416 e. The first-order valence-corrected chi connectivity index (χ1v) is 6.63. The zero-order chi connectivity index (χ0) is 15.6. The number of hydrogen-bond acceptors (Lipinski definition) is 0. The van der Waals surface area contributed by atoms with E-state index in [1.165, 1.54) is 12.1 Å². The summed E-state index contributed by atoms with van der Waals surface area (Å²) in [7, 11) is 7.26. The van der Waals surface area contributed by atoms with Crippen molar-refractivity contribution in [2.45, 2.75) is 26.3 Å². The predicted molar refractivity (Wildman–Crippen MR) is 81.8 cm³/mol. The predicted octanol–water partition coefficient (Wildman–Crippen LogP) is 2.65. The van der Waals surface area contributed by atoms with Crippen LogP contribution in [-0.2, 0) is 12.5 Å². The standard InChI is InChI=1S/C16H14B2F3/c1-10-3-6-14(7-11(10)2)18-9-12-4-5-13(17)8-15(12)16(19,20)21/h3-8H,9H2,1-2H3. The van der Waals surface area contributed by atoms with E-state index in [-0.39, 0.29) is 17.3 Å². The van der Waals surface area contributed by atoms with E-state index in [0.717, 1.165) is 22.7 Å². The quantitative estimate of drug-likeness (QED) is 0.760. The van der Waals surface area contributed by atoms with E-state index in [0.29, 0.717) is 0 Å². The van der Waals surface area contributed by atoms with Crippen molar-refractivity contribution < 1.29 is 13.2 Å². The van der Waals surface area contributed by atoms with Gasteiger partial charge in [-0.15, -0.1) is 0 Å². The van der Waals surface area contributed by atoms with Gasteiger partial charge in [-0.05, 0) is 36.9 Å². The first kappa shape index (κ1) is 15.7. The summed E-state index contributed by atoms with van der Waals surface area (Å²) in [4.78, 5) is 0. The lowest BCUT2D eigenvalue weighted by Gasteiger charge is -2.14. The Kier molecular flexibility index (Phi) is 4.50. The maximum Gasteiger partial charge on any atom is 0.416 e. The number of alkyl halides is 3. The molecule has 0 aliphatic rings. The van der Waals surface area contributed by atoms with Crippen molar-refractivity contribution in [1.82, 2.24) is 0 Å². The summed E-state index contributed by atoms with van der Waals surface area (Å²) in [6, 6.07) is 9.78. The molecule has 0 aliphatic carbocycles. The Bertz CT molecular complexity index is 648. The van der Waals surface area contributed by atoms with Gasteiger partial charge in [0, 0.05) is 0 Å². The third-order valence-electron chi connectivity index (χ3n) is 3.53. The molecule has 3 radical (unpaired) electrons. The normalized spacial score (nSPS) is 11.5. The lowest BCUT2D eigenvalue weighted by atomic mass is 9.64. The molecule has 105 valence electrons. The molecule has 0 N–H and O–H groups in total. The molecule has 5 heteroatoms. The molecule has 2 rings (SSSR count). The Morgan fingerprint density at radius 3 is 2.33 bits per heavy atom. The van der Waals surface area contributed by atoms with Gasteiger partial charge in [-0.2, -0.15) is 13.2 Å². The molecule has 0 saturated heterocycles. The van der Waals surface area contributed by atoms with E-state index < -0.39 is 11.7 Å². The van der Waals surface area contributed by atoms with Gasteiger partial charge in [-0.3, -0.25) is 0 Å². The highest BCUT2D eigenvalue weighted by atomic mass is 19.4. The van der Waals surface area contributed by atoms with Crippen LogP contribution in [-0.4, -0.2) is 15.1 Å². The van der Waals surface area contributed by atoms with Gasteiger partial charge in [-0.1, -0.05) is 47.3 Å². The van der Waals surface area contributed by atoms with Gasteiger partial charge in [0.1, 0.15) is 7.85 Å². The summed E-state index contributed by atoms with van der Waals surface area (Å²) in [5.74, 6) is 0. The Balaban J connectivity index is 2.22. The van der Waals surface area contributed by atoms with E-state index in [9.17, 15) is 13.2 Å². The highest BCUT2D eigenvalue weighted by Gasteiger charge is 2.32. The maximum atomic E-state index is 13.0. The monoisotopic (exact) mass is 285 g/mol. The van der Waals surface area contributed by atoms with E-state index >= 15 is 0 Å². The fourth-order valence-electron chi connectivity index (χ4n) is 2.16. The summed E-state index contributed by atoms with van der Waals surface area (Å²) in [5, 5.41) is 0. The summed E-state index contributed by atoms with van der Waals surface area (Å²) < 4.78 is 39.0. The van der Waals surface area contributed by atoms with Gasteiger partial charge in [0.05, 0.1) is 5.56 Å². The van der Waals surface area contributed by atoms with Crippen LogP contribution in [0, 0.1) is 13.8 Å². The smallest absolute Gasteiger partial charge is 0.166 e. The van der Waals surface area contributed by atoms with E-state index in [4.69, 9.17) is 7.85 Å². The van der Waals surface area contributed by atoms with Crippen LogP contribution in [0.4, 0.5) is 13.2 Å². The molecule has 0 fully saturated rings. The minimum Gasteiger partial charge on any atom is -0.166 e. The van der Waals surface area contributed by atoms with Gasteiger partial charge in [0.25, 0.3) is 0 Å². The molecule has 21 heavy (non-hydrogen) atoms. The van der Waals surface area contributed by atoms with Crippen LogP contribution in [0.2, 0.25) is 0 Å². The number of aryl methyl sites for hydroxylation is 2. The van der Waals surface area contributed by atoms with Crippen LogP contribution in [0.1, 0.15) is 22.3 Å². The van der Waals surface area contributed by atoms with Crippen molar-refractivity contribution >= 4 is 26.1 Å². The lowest BCUT2D eigenvalue weighted by molar-refractivity contribution is -0.138. The van der Waals surface area contributed by atoms with Gasteiger partial charge < -0.3 is 0 Å². The molecule has 0 aromatic heterocycles. The molecule has 0 spiro atoms. The third kappa shape index (κ3) is 3.93. The molecule has 2 aromatic carbocycles. The van der Waals surface area contributed by atoms with Crippen LogP contribution in [0.5, 0.6) is 0 Å². The maximum absolute atomic E-state index is 13.0. The Morgan fingerprint density at radius 2 is 1.71 bits per heavy atom. The average Bonchev–Trinajstić information content (AvgIpc) is 2.40. The summed E-state index contributed by atoms with van der Waals surface area (Å²) in [5.41, 5.74) is 2.89. The van der Waals surface area contributed by atoms with Crippen molar-refractivity contribution in [3.63, 3.8) is 0 Å². The van der Waals surface area contributed by atoms with Gasteiger partial charge in [0.15, 0.2) is 7.28 Å². The van der Waals surface area contributed by atoms with Gasteiger partial charge in [0.2, 0.25) is 0 Å². The molecular formula is C16H14B2F3. The number of benzene rings is 2. The Labute approximate surface area is 125 Å². The van der Waals surface area contributed by atoms with Crippen LogP contribution in [0.3, 0.4) is 0 Å². The van der Waals surface area contributed by atoms with Crippen molar-refractivity contribution in [2.24, 2.45) is 0 Å². The Morgan fingerprint density at radius 1 is 1.00 bits per heavy atom. The number of halogens is 3. The van der Waals surface area contributed by atoms with Crippen molar-refractivity contribution in [2.75, 3.05) is 0 Å². The Hall–Kier alpha value is -1.64. The molecule has 0 bridgehead atoms. The van der Waals surface area contributed by atoms with Crippen LogP contribution >= 0.6 is 0 Å². The van der Waals surface area contributed by atoms with Gasteiger partial charge in [-0.25, -0.2) is 0 Å². The SMILES string of the molecule is [B]c1ccc(C[B]c2ccc(C)c(C)c2)c(C(F)(F)F)c1. The number of rotatable bonds is 3. The highest BCUT2D eigenvalue weighted by Crippen LogP contribution is 2.31. The zero-order valence-corrected chi connectivity index (χ0v) is 12.0. The summed E-state index contributed by atoms with van der Waals surface area (Å²) >= 11 is 0. The van der Waals surface area contributed by atoms with Gasteiger partial charge >= 0.3 is 6.18 Å². The van der Waals surface area contributed by atoms with Crippen molar-refractivity contribution in [1.29, 1.82) is 0 Å². The molecule has 0 unspecified atom stereocenters. The molecule has 0 amide bonds. The van der Waals surface area contributed by atoms with Crippen LogP contribution < -0.4 is 10.9 Å². The fourth-order valence-corrected chi connectivity index (χ4v) is 2.16. The van der Waals surface area contributed by atoms with E-state index in [1.807, 2.05) is 32.0 Å².